The second kappa shape index (κ2) is 5.92. The summed E-state index contributed by atoms with van der Waals surface area (Å²) in [4.78, 5) is 13.6. The lowest BCUT2D eigenvalue weighted by Crippen LogP contribution is -2.34. The first-order valence-electron chi connectivity index (χ1n) is 5.97. The Balaban J connectivity index is 3.20. The number of aryl methyl sites for hydroxylation is 1. The third-order valence-electron chi connectivity index (χ3n) is 2.59. The molecule has 0 aromatic carbocycles. The third-order valence-corrected chi connectivity index (χ3v) is 4.04. The predicted molar refractivity (Wildman–Crippen MR) is 72.8 cm³/mol. The lowest BCUT2D eigenvalue weighted by Gasteiger charge is -2.22. The van der Waals surface area contributed by atoms with Gasteiger partial charge in [0.2, 0.25) is 0 Å². The highest BCUT2D eigenvalue weighted by atomic mass is 35.7. The quantitative estimate of drug-likeness (QED) is 0.840. The number of hydrogen-bond acceptors (Lipinski definition) is 4. The molecule has 6 nitrogen and oxygen atoms in total. The van der Waals surface area contributed by atoms with Gasteiger partial charge in [0.25, 0.3) is 15.0 Å². The van der Waals surface area contributed by atoms with Crippen molar-refractivity contribution >= 4 is 25.6 Å². The van der Waals surface area contributed by atoms with Crippen LogP contribution in [0.4, 0.5) is 0 Å². The molecule has 1 aromatic heterocycles. The number of hydrogen-bond donors (Lipinski definition) is 1. The minimum absolute atomic E-state index is 0.144. The zero-order chi connectivity index (χ0) is 14.8. The fourth-order valence-electron chi connectivity index (χ4n) is 1.81. The molecule has 1 heterocycles. The molecular weight excluding hydrogens is 290 g/mol. The van der Waals surface area contributed by atoms with Gasteiger partial charge in [-0.3, -0.25) is 9.89 Å². The van der Waals surface area contributed by atoms with Gasteiger partial charge in [0.1, 0.15) is 4.90 Å². The summed E-state index contributed by atoms with van der Waals surface area (Å²) in [5, 5.41) is 6.27. The Morgan fingerprint density at radius 1 is 1.47 bits per heavy atom. The van der Waals surface area contributed by atoms with Crippen LogP contribution in [0.15, 0.2) is 4.90 Å². The third kappa shape index (κ3) is 3.70. The highest BCUT2D eigenvalue weighted by Gasteiger charge is 2.29. The highest BCUT2D eigenvalue weighted by molar-refractivity contribution is 8.13. The molecule has 19 heavy (non-hydrogen) atoms. The lowest BCUT2D eigenvalue weighted by molar-refractivity contribution is 0.0736. The van der Waals surface area contributed by atoms with Crippen LogP contribution in [-0.2, 0) is 9.05 Å². The Bertz CT molecular complexity index is 566. The number of nitrogens with zero attached hydrogens (tertiary/aromatic N) is 2. The topological polar surface area (TPSA) is 83.1 Å². The Morgan fingerprint density at radius 2 is 2.05 bits per heavy atom. The molecule has 0 aliphatic heterocycles. The Labute approximate surface area is 117 Å². The van der Waals surface area contributed by atoms with E-state index < -0.39 is 15.0 Å². The van der Waals surface area contributed by atoms with E-state index in [4.69, 9.17) is 10.7 Å². The van der Waals surface area contributed by atoms with Crippen molar-refractivity contribution in [3.63, 3.8) is 0 Å². The number of H-pyrrole nitrogens is 1. The minimum atomic E-state index is -4.01. The maximum atomic E-state index is 12.3. The fourth-order valence-corrected chi connectivity index (χ4v) is 3.15. The van der Waals surface area contributed by atoms with Gasteiger partial charge in [-0.15, -0.1) is 0 Å². The van der Waals surface area contributed by atoms with Crippen LogP contribution in [-0.4, -0.2) is 42.5 Å². The lowest BCUT2D eigenvalue weighted by atomic mass is 10.2. The van der Waals surface area contributed by atoms with Crippen molar-refractivity contribution in [2.45, 2.75) is 32.6 Å². The fraction of sp³-hybridized carbons (Fsp3) is 0.636. The molecule has 8 heteroatoms. The van der Waals surface area contributed by atoms with E-state index in [2.05, 4.69) is 10.2 Å². The summed E-state index contributed by atoms with van der Waals surface area (Å²) in [5.41, 5.74) is 0.119. The summed E-state index contributed by atoms with van der Waals surface area (Å²) in [5.74, 6) is -0.153. The number of halogens is 1. The summed E-state index contributed by atoms with van der Waals surface area (Å²) in [6, 6.07) is 0. The maximum absolute atomic E-state index is 12.3. The molecule has 0 spiro atoms. The van der Waals surface area contributed by atoms with Crippen LogP contribution in [0.2, 0.25) is 0 Å². The molecule has 0 aliphatic carbocycles. The van der Waals surface area contributed by atoms with E-state index >= 15 is 0 Å². The van der Waals surface area contributed by atoms with E-state index in [0.717, 1.165) is 0 Å². The van der Waals surface area contributed by atoms with Crippen LogP contribution in [0, 0.1) is 12.8 Å². The van der Waals surface area contributed by atoms with Gasteiger partial charge in [0, 0.05) is 23.8 Å². The van der Waals surface area contributed by atoms with Crippen molar-refractivity contribution in [1.29, 1.82) is 0 Å². The molecule has 1 amide bonds. The predicted octanol–water partition coefficient (Wildman–Crippen LogP) is 1.76. The van der Waals surface area contributed by atoms with Gasteiger partial charge in [0.15, 0.2) is 5.69 Å². The number of carbonyl (C=O) groups is 1. The molecule has 0 fully saturated rings. The minimum Gasteiger partial charge on any atom is -0.337 e. The molecule has 0 bridgehead atoms. The molecule has 108 valence electrons. The maximum Gasteiger partial charge on any atom is 0.275 e. The number of rotatable bonds is 5. The van der Waals surface area contributed by atoms with Gasteiger partial charge in [0.05, 0.1) is 5.69 Å². The van der Waals surface area contributed by atoms with E-state index in [0.29, 0.717) is 13.1 Å². The molecule has 0 atom stereocenters. The first-order valence-corrected chi connectivity index (χ1v) is 8.28. The van der Waals surface area contributed by atoms with Crippen LogP contribution in [0.1, 0.15) is 37.0 Å². The van der Waals surface area contributed by atoms with Crippen LogP contribution < -0.4 is 0 Å². The molecule has 1 N–H and O–H groups in total. The summed E-state index contributed by atoms with van der Waals surface area (Å²) >= 11 is 0. The van der Waals surface area contributed by atoms with Gasteiger partial charge in [-0.1, -0.05) is 13.8 Å². The van der Waals surface area contributed by atoms with Crippen molar-refractivity contribution in [1.82, 2.24) is 15.1 Å². The standard InChI is InChI=1S/C11H18ClN3O3S/c1-5-15(6-7(2)3)11(16)9-10(19(12,17)18)8(4)13-14-9/h7H,5-6H2,1-4H3,(H,13,14). The average molecular weight is 308 g/mol. The summed E-state index contributed by atoms with van der Waals surface area (Å²) in [6.45, 7) is 8.30. The first-order chi connectivity index (χ1) is 8.68. The SMILES string of the molecule is CCN(CC(C)C)C(=O)c1n[nH]c(C)c1S(=O)(=O)Cl. The number of aromatic amines is 1. The first kappa shape index (κ1) is 16.0. The van der Waals surface area contributed by atoms with E-state index in [1.807, 2.05) is 20.8 Å². The van der Waals surface area contributed by atoms with E-state index in [-0.39, 0.29) is 22.2 Å². The second-order valence-electron chi connectivity index (χ2n) is 4.70. The normalized spacial score (nSPS) is 11.9. The second-order valence-corrected chi connectivity index (χ2v) is 7.20. The van der Waals surface area contributed by atoms with E-state index in [9.17, 15) is 13.2 Å². The molecule has 1 aromatic rings. The monoisotopic (exact) mass is 307 g/mol. The van der Waals surface area contributed by atoms with Crippen molar-refractivity contribution in [2.24, 2.45) is 5.92 Å². The van der Waals surface area contributed by atoms with Crippen molar-refractivity contribution in [2.75, 3.05) is 13.1 Å². The zero-order valence-corrected chi connectivity index (χ0v) is 13.0. The van der Waals surface area contributed by atoms with Gasteiger partial charge in [-0.25, -0.2) is 8.42 Å². The number of nitrogens with one attached hydrogen (secondary N) is 1. The molecule has 0 saturated carbocycles. The zero-order valence-electron chi connectivity index (χ0n) is 11.4. The Morgan fingerprint density at radius 3 is 2.47 bits per heavy atom. The highest BCUT2D eigenvalue weighted by Crippen LogP contribution is 2.23. The summed E-state index contributed by atoms with van der Waals surface area (Å²) in [6.07, 6.45) is 0. The molecule has 0 aliphatic rings. The summed E-state index contributed by atoms with van der Waals surface area (Å²) in [7, 11) is 1.34. The van der Waals surface area contributed by atoms with Gasteiger partial charge in [-0.05, 0) is 19.8 Å². The largest absolute Gasteiger partial charge is 0.337 e. The molecule has 0 unspecified atom stereocenters. The number of carbonyl (C=O) groups excluding carboxylic acids is 1. The Kier molecular flexibility index (Phi) is 4.98. The summed E-state index contributed by atoms with van der Waals surface area (Å²) < 4.78 is 23.0. The molecule has 1 rings (SSSR count). The molecule has 0 radical (unpaired) electrons. The van der Waals surface area contributed by atoms with E-state index in [1.54, 1.807) is 4.90 Å². The number of aromatic nitrogens is 2. The van der Waals surface area contributed by atoms with Crippen LogP contribution in [0.5, 0.6) is 0 Å². The van der Waals surface area contributed by atoms with Gasteiger partial charge < -0.3 is 4.90 Å². The smallest absolute Gasteiger partial charge is 0.275 e. The van der Waals surface area contributed by atoms with Crippen molar-refractivity contribution in [3.05, 3.63) is 11.4 Å². The van der Waals surface area contributed by atoms with Gasteiger partial charge in [-0.2, -0.15) is 5.10 Å². The van der Waals surface area contributed by atoms with Crippen molar-refractivity contribution in [3.8, 4) is 0 Å². The van der Waals surface area contributed by atoms with Crippen LogP contribution >= 0.6 is 10.7 Å². The van der Waals surface area contributed by atoms with Crippen LogP contribution in [0.25, 0.3) is 0 Å². The number of amides is 1. The molecular formula is C11H18ClN3O3S. The van der Waals surface area contributed by atoms with E-state index in [1.165, 1.54) is 6.92 Å². The van der Waals surface area contributed by atoms with Crippen LogP contribution in [0.3, 0.4) is 0 Å². The van der Waals surface area contributed by atoms with Gasteiger partial charge >= 0.3 is 0 Å². The van der Waals surface area contributed by atoms with Crippen molar-refractivity contribution < 1.29 is 13.2 Å². The molecule has 0 saturated heterocycles. The Hall–Kier alpha value is -1.08. The average Bonchev–Trinajstić information content (AvgIpc) is 2.66.